The minimum Gasteiger partial charge on any atom is -0.310 e. The van der Waals surface area contributed by atoms with E-state index in [9.17, 15) is 0 Å². The molecule has 0 amide bonds. The van der Waals surface area contributed by atoms with Crippen LogP contribution in [-0.4, -0.2) is 12.8 Å². The maximum atomic E-state index is 4.05. The van der Waals surface area contributed by atoms with E-state index in [2.05, 4.69) is 17.5 Å². The van der Waals surface area contributed by atoms with Gasteiger partial charge in [0.05, 0.1) is 0 Å². The molecule has 0 aliphatic heterocycles. The molecule has 0 spiro atoms. The van der Waals surface area contributed by atoms with Crippen molar-refractivity contribution in [3.05, 3.63) is 0 Å². The highest BCUT2D eigenvalue weighted by Crippen LogP contribution is 2.25. The number of nitrogens with one attached hydrogen (secondary N) is 1. The molecule has 9 heavy (non-hydrogen) atoms. The van der Waals surface area contributed by atoms with Gasteiger partial charge in [0.15, 0.2) is 0 Å². The normalized spacial score (nSPS) is 18.8. The highest BCUT2D eigenvalue weighted by molar-refractivity contribution is 5.63. The van der Waals surface area contributed by atoms with Gasteiger partial charge in [-0.3, -0.25) is 0 Å². The van der Waals surface area contributed by atoms with Crippen LogP contribution in [0.25, 0.3) is 0 Å². The van der Waals surface area contributed by atoms with Crippen molar-refractivity contribution in [1.82, 2.24) is 5.43 Å². The number of hydrazone groups is 1. The molecule has 1 N–H and O–H groups in total. The average molecular weight is 126 g/mol. The molecule has 0 aromatic carbocycles. The van der Waals surface area contributed by atoms with Gasteiger partial charge in [0.2, 0.25) is 0 Å². The number of nitrogens with zero attached hydrogens (tertiary/aromatic N) is 1. The Morgan fingerprint density at radius 2 is 2.44 bits per heavy atom. The second-order valence-corrected chi connectivity index (χ2v) is 2.52. The molecule has 1 fully saturated rings. The van der Waals surface area contributed by atoms with Crippen LogP contribution in [0.2, 0.25) is 0 Å². The summed E-state index contributed by atoms with van der Waals surface area (Å²) >= 11 is 0. The molecule has 1 saturated carbocycles. The molecule has 0 aromatic heterocycles. The second-order valence-electron chi connectivity index (χ2n) is 2.52. The van der Waals surface area contributed by atoms with Crippen LogP contribution in [0.4, 0.5) is 0 Å². The van der Waals surface area contributed by atoms with Crippen molar-refractivity contribution in [2.75, 3.05) is 6.54 Å². The minimum atomic E-state index is 0.800. The Hall–Kier alpha value is -0.530. The van der Waals surface area contributed by atoms with Crippen molar-refractivity contribution < 1.29 is 0 Å². The maximum absolute atomic E-state index is 4.05. The Labute approximate surface area is 56.3 Å². The Bertz CT molecular complexity index is 95.1. The Morgan fingerprint density at radius 1 is 1.67 bits per heavy atom. The van der Waals surface area contributed by atoms with E-state index in [4.69, 9.17) is 0 Å². The van der Waals surface area contributed by atoms with Gasteiger partial charge in [-0.05, 0) is 25.2 Å². The van der Waals surface area contributed by atoms with Gasteiger partial charge in [-0.25, -0.2) is 0 Å². The molecule has 0 heterocycles. The third-order valence-corrected chi connectivity index (χ3v) is 1.36. The van der Waals surface area contributed by atoms with Crippen LogP contribution in [0.3, 0.4) is 0 Å². The van der Waals surface area contributed by atoms with Crippen LogP contribution in [0.5, 0.6) is 0 Å². The summed E-state index contributed by atoms with van der Waals surface area (Å²) in [5, 5.41) is 4.05. The molecule has 1 aliphatic carbocycles. The first-order valence-corrected chi connectivity index (χ1v) is 3.69. The maximum Gasteiger partial charge on any atom is 0.0326 e. The molecule has 0 bridgehead atoms. The molecule has 0 unspecified atom stereocenters. The van der Waals surface area contributed by atoms with Gasteiger partial charge in [0.1, 0.15) is 0 Å². The van der Waals surface area contributed by atoms with E-state index in [-0.39, 0.29) is 0 Å². The average Bonchev–Trinajstić information content (AvgIpc) is 2.63. The van der Waals surface area contributed by atoms with Crippen molar-refractivity contribution in [2.24, 2.45) is 11.0 Å². The highest BCUT2D eigenvalue weighted by atomic mass is 15.3. The minimum absolute atomic E-state index is 0.800. The smallest absolute Gasteiger partial charge is 0.0326 e. The Balaban J connectivity index is 1.89. The number of rotatable bonds is 4. The molecule has 2 nitrogen and oxygen atoms in total. The van der Waals surface area contributed by atoms with E-state index in [1.807, 2.05) is 6.21 Å². The van der Waals surface area contributed by atoms with Gasteiger partial charge in [0.25, 0.3) is 0 Å². The lowest BCUT2D eigenvalue weighted by Gasteiger charge is -1.92. The summed E-state index contributed by atoms with van der Waals surface area (Å²) in [5.74, 6) is 0.800. The van der Waals surface area contributed by atoms with E-state index in [1.165, 1.54) is 12.8 Å². The standard InChI is InChI=1S/C7H14N2/c1-2-5-8-9-6-7-3-4-7/h6-8H,2-5H2,1H3/b9-6+. The fourth-order valence-corrected chi connectivity index (χ4v) is 0.580. The van der Waals surface area contributed by atoms with Gasteiger partial charge < -0.3 is 5.43 Å². The summed E-state index contributed by atoms with van der Waals surface area (Å²) in [6.07, 6.45) is 5.87. The summed E-state index contributed by atoms with van der Waals surface area (Å²) in [6.45, 7) is 3.14. The molecule has 0 radical (unpaired) electrons. The zero-order valence-electron chi connectivity index (χ0n) is 5.93. The van der Waals surface area contributed by atoms with Crippen molar-refractivity contribution in [3.63, 3.8) is 0 Å². The van der Waals surface area contributed by atoms with Crippen LogP contribution < -0.4 is 5.43 Å². The molecular formula is C7H14N2. The van der Waals surface area contributed by atoms with Gasteiger partial charge in [-0.2, -0.15) is 5.10 Å². The van der Waals surface area contributed by atoms with Gasteiger partial charge in [-0.1, -0.05) is 6.92 Å². The molecule has 0 atom stereocenters. The Morgan fingerprint density at radius 3 is 3.00 bits per heavy atom. The number of hydrogen-bond acceptors (Lipinski definition) is 2. The fourth-order valence-electron chi connectivity index (χ4n) is 0.580. The molecule has 0 aromatic rings. The first kappa shape index (κ1) is 6.59. The van der Waals surface area contributed by atoms with Gasteiger partial charge in [0, 0.05) is 12.8 Å². The van der Waals surface area contributed by atoms with Crippen LogP contribution in [0.1, 0.15) is 26.2 Å². The molecule has 0 saturated heterocycles. The third kappa shape index (κ3) is 3.12. The summed E-state index contributed by atoms with van der Waals surface area (Å²) in [4.78, 5) is 0. The molecule has 52 valence electrons. The first-order valence-electron chi connectivity index (χ1n) is 3.69. The largest absolute Gasteiger partial charge is 0.310 e. The number of hydrogen-bond donors (Lipinski definition) is 1. The first-order chi connectivity index (χ1) is 4.43. The van der Waals surface area contributed by atoms with Crippen molar-refractivity contribution in [1.29, 1.82) is 0 Å². The van der Waals surface area contributed by atoms with E-state index in [0.717, 1.165) is 18.9 Å². The predicted molar refractivity (Wildman–Crippen MR) is 39.5 cm³/mol. The van der Waals surface area contributed by atoms with E-state index in [0.29, 0.717) is 0 Å². The van der Waals surface area contributed by atoms with Gasteiger partial charge >= 0.3 is 0 Å². The summed E-state index contributed by atoms with van der Waals surface area (Å²) in [6, 6.07) is 0. The van der Waals surface area contributed by atoms with Crippen molar-refractivity contribution >= 4 is 6.21 Å². The molecular weight excluding hydrogens is 112 g/mol. The zero-order valence-corrected chi connectivity index (χ0v) is 5.93. The second kappa shape index (κ2) is 3.49. The summed E-state index contributed by atoms with van der Waals surface area (Å²) in [5.41, 5.74) is 2.98. The summed E-state index contributed by atoms with van der Waals surface area (Å²) < 4.78 is 0. The quantitative estimate of drug-likeness (QED) is 0.343. The lowest BCUT2D eigenvalue weighted by molar-refractivity contribution is 0.716. The van der Waals surface area contributed by atoms with Crippen molar-refractivity contribution in [2.45, 2.75) is 26.2 Å². The molecule has 1 aliphatic rings. The lowest BCUT2D eigenvalue weighted by Crippen LogP contribution is -2.05. The highest BCUT2D eigenvalue weighted by Gasteiger charge is 2.17. The molecule has 2 heteroatoms. The monoisotopic (exact) mass is 126 g/mol. The van der Waals surface area contributed by atoms with Crippen LogP contribution in [0, 0.1) is 5.92 Å². The SMILES string of the molecule is CCCN/N=C/C1CC1. The van der Waals surface area contributed by atoms with Gasteiger partial charge in [-0.15, -0.1) is 0 Å². The van der Waals surface area contributed by atoms with E-state index < -0.39 is 0 Å². The third-order valence-electron chi connectivity index (χ3n) is 1.36. The summed E-state index contributed by atoms with van der Waals surface area (Å²) in [7, 11) is 0. The predicted octanol–water partition coefficient (Wildman–Crippen LogP) is 1.38. The van der Waals surface area contributed by atoms with Crippen LogP contribution in [-0.2, 0) is 0 Å². The van der Waals surface area contributed by atoms with Crippen molar-refractivity contribution in [3.8, 4) is 0 Å². The van der Waals surface area contributed by atoms with Crippen LogP contribution >= 0.6 is 0 Å². The van der Waals surface area contributed by atoms with Crippen LogP contribution in [0.15, 0.2) is 5.10 Å². The topological polar surface area (TPSA) is 24.4 Å². The zero-order chi connectivity index (χ0) is 6.53. The van der Waals surface area contributed by atoms with E-state index in [1.54, 1.807) is 0 Å². The fraction of sp³-hybridized carbons (Fsp3) is 0.857. The van der Waals surface area contributed by atoms with E-state index >= 15 is 0 Å². The molecule has 1 rings (SSSR count). The Kier molecular flexibility index (Phi) is 2.55. The lowest BCUT2D eigenvalue weighted by atomic mass is 10.5.